The summed E-state index contributed by atoms with van der Waals surface area (Å²) in [6.45, 7) is 10.6. The summed E-state index contributed by atoms with van der Waals surface area (Å²) in [5.74, 6) is -0.457. The van der Waals surface area contributed by atoms with Crippen LogP contribution >= 0.6 is 0 Å². The molecule has 374 valence electrons. The van der Waals surface area contributed by atoms with E-state index >= 15 is 0 Å². The van der Waals surface area contributed by atoms with Crippen LogP contribution in [0.5, 0.6) is 0 Å². The first-order valence-corrected chi connectivity index (χ1v) is 27.5. The van der Waals surface area contributed by atoms with E-state index in [-0.39, 0.29) is 35.5 Å². The van der Waals surface area contributed by atoms with Crippen LogP contribution in [0.3, 0.4) is 0 Å². The maximum atomic E-state index is 14.0. The standard InChI is InChI=1S/C56H78O12/c1-7-49(4,53-20-33-13-42-37(24-53)23-52(42,19-33)30-53)66-43(57)27-63-46(60)34-14-35(47(61)64-28-44(58)67-50(5,8-2)54-21-31-10-32(22-54)12-38(54)11-31)16-36(15-34)48(62)65-29-45(59)68-51(6,9-3)55-25-40-17-39-18-41(26-55)56(39,40)55/h31-42H,7-30H2,1-6H3. The second kappa shape index (κ2) is 15.2. The number of fused-ring (bicyclic) bond motifs is 1. The van der Waals surface area contributed by atoms with E-state index in [2.05, 4.69) is 34.6 Å². The van der Waals surface area contributed by atoms with Crippen LogP contribution in [0.25, 0.3) is 0 Å². The van der Waals surface area contributed by atoms with Crippen molar-refractivity contribution in [1.29, 1.82) is 0 Å². The topological polar surface area (TPSA) is 158 Å². The van der Waals surface area contributed by atoms with Crippen molar-refractivity contribution < 1.29 is 57.2 Å². The summed E-state index contributed by atoms with van der Waals surface area (Å²) in [4.78, 5) is 82.5. The highest BCUT2D eigenvalue weighted by Gasteiger charge is 2.91. The molecule has 14 aliphatic carbocycles. The molecular formula is C56H78O12. The van der Waals surface area contributed by atoms with Crippen molar-refractivity contribution in [1.82, 2.24) is 0 Å². The number of carbonyl (C=O) groups excluding carboxylic acids is 6. The molecule has 0 aromatic heterocycles. The second-order valence-electron chi connectivity index (χ2n) is 26.6. The maximum Gasteiger partial charge on any atom is 0.344 e. The lowest BCUT2D eigenvalue weighted by Crippen LogP contribution is -2.89. The van der Waals surface area contributed by atoms with Gasteiger partial charge >= 0.3 is 35.8 Å². The summed E-state index contributed by atoms with van der Waals surface area (Å²) in [5, 5.41) is 0. The van der Waals surface area contributed by atoms with Gasteiger partial charge in [-0.3, -0.25) is 14.4 Å². The van der Waals surface area contributed by atoms with Gasteiger partial charge in [-0.1, -0.05) is 20.8 Å². The van der Waals surface area contributed by atoms with Gasteiger partial charge in [0, 0.05) is 16.2 Å². The molecule has 0 amide bonds. The van der Waals surface area contributed by atoms with Crippen LogP contribution in [0, 0.1) is 98.1 Å². The number of rotatable bonds is 18. The molecule has 0 aromatic rings. The molecule has 14 aliphatic rings. The average molecular weight is 943 g/mol. The molecule has 0 aliphatic heterocycles. The van der Waals surface area contributed by atoms with Gasteiger partial charge in [0.2, 0.25) is 0 Å². The van der Waals surface area contributed by atoms with E-state index in [0.717, 1.165) is 68.6 Å². The van der Waals surface area contributed by atoms with E-state index < -0.39 is 90.2 Å². The molecule has 14 saturated carbocycles. The van der Waals surface area contributed by atoms with Gasteiger partial charge in [-0.15, -0.1) is 0 Å². The molecule has 15 unspecified atom stereocenters. The van der Waals surface area contributed by atoms with E-state index in [0.29, 0.717) is 59.7 Å². The Balaban J connectivity index is 0.691. The third kappa shape index (κ3) is 6.01. The van der Waals surface area contributed by atoms with Gasteiger partial charge in [0.05, 0.1) is 17.8 Å². The van der Waals surface area contributed by atoms with Crippen molar-refractivity contribution in [3.05, 3.63) is 0 Å². The minimum atomic E-state index is -0.953. The number of hydrogen-bond acceptors (Lipinski definition) is 12. The molecule has 2 spiro atoms. The summed E-state index contributed by atoms with van der Waals surface area (Å²) < 4.78 is 35.9. The Labute approximate surface area is 402 Å². The van der Waals surface area contributed by atoms with Crippen LogP contribution in [0.2, 0.25) is 0 Å². The molecule has 0 N–H and O–H groups in total. The van der Waals surface area contributed by atoms with Gasteiger partial charge in [0.15, 0.2) is 19.8 Å². The van der Waals surface area contributed by atoms with Gasteiger partial charge in [-0.25, -0.2) is 14.4 Å². The Morgan fingerprint density at radius 2 is 0.971 bits per heavy atom. The molecule has 8 bridgehead atoms. The zero-order valence-electron chi connectivity index (χ0n) is 41.8. The second-order valence-corrected chi connectivity index (χ2v) is 26.6. The lowest BCUT2D eigenvalue weighted by molar-refractivity contribution is -0.467. The first-order chi connectivity index (χ1) is 32.3. The highest BCUT2D eigenvalue weighted by atomic mass is 16.6. The van der Waals surface area contributed by atoms with E-state index in [9.17, 15) is 28.8 Å². The number of hydrogen-bond donors (Lipinski definition) is 0. The highest BCUT2D eigenvalue weighted by molar-refractivity contribution is 5.84. The summed E-state index contributed by atoms with van der Waals surface area (Å²) in [6, 6.07) is 0. The zero-order valence-corrected chi connectivity index (χ0v) is 41.8. The zero-order chi connectivity index (χ0) is 47.6. The van der Waals surface area contributed by atoms with E-state index in [1.165, 1.54) is 51.4 Å². The Bertz CT molecular complexity index is 2140. The van der Waals surface area contributed by atoms with Crippen molar-refractivity contribution in [2.45, 2.75) is 193 Å². The molecule has 15 atom stereocenters. The van der Waals surface area contributed by atoms with Crippen molar-refractivity contribution in [3.8, 4) is 0 Å². The number of ether oxygens (including phenoxy) is 6. The number of esters is 6. The smallest absolute Gasteiger partial charge is 0.344 e. The van der Waals surface area contributed by atoms with Gasteiger partial charge in [0.25, 0.3) is 0 Å². The third-order valence-electron chi connectivity index (χ3n) is 24.4. The molecule has 0 heterocycles. The molecule has 68 heavy (non-hydrogen) atoms. The fourth-order valence-corrected chi connectivity index (χ4v) is 21.6. The van der Waals surface area contributed by atoms with Crippen molar-refractivity contribution >= 4 is 35.8 Å². The highest BCUT2D eigenvalue weighted by Crippen LogP contribution is 2.95. The van der Waals surface area contributed by atoms with Gasteiger partial charge in [-0.2, -0.15) is 0 Å². The van der Waals surface area contributed by atoms with Crippen molar-refractivity contribution in [2.75, 3.05) is 19.8 Å². The van der Waals surface area contributed by atoms with Crippen LogP contribution in [-0.2, 0) is 57.2 Å². The fraction of sp³-hybridized carbons (Fsp3) is 0.893. The van der Waals surface area contributed by atoms with Crippen molar-refractivity contribution in [3.63, 3.8) is 0 Å². The molecule has 0 saturated heterocycles. The summed E-state index contributed by atoms with van der Waals surface area (Å²) >= 11 is 0. The van der Waals surface area contributed by atoms with Gasteiger partial charge < -0.3 is 28.4 Å². The third-order valence-corrected chi connectivity index (χ3v) is 24.4. The fourth-order valence-electron chi connectivity index (χ4n) is 21.6. The largest absolute Gasteiger partial charge is 0.456 e. The van der Waals surface area contributed by atoms with Crippen LogP contribution in [0.4, 0.5) is 0 Å². The minimum Gasteiger partial charge on any atom is -0.456 e. The van der Waals surface area contributed by atoms with Crippen molar-refractivity contribution in [2.24, 2.45) is 98.1 Å². The normalized spacial score (nSPS) is 47.6. The lowest BCUT2D eigenvalue weighted by atomic mass is 9.11. The first kappa shape index (κ1) is 45.9. The Hall–Kier alpha value is -3.18. The first-order valence-electron chi connectivity index (χ1n) is 27.5. The van der Waals surface area contributed by atoms with Crippen LogP contribution < -0.4 is 0 Å². The molecule has 0 aromatic carbocycles. The van der Waals surface area contributed by atoms with Gasteiger partial charge in [0.1, 0.15) is 16.8 Å². The molecule has 12 heteroatoms. The van der Waals surface area contributed by atoms with E-state index in [4.69, 9.17) is 28.4 Å². The quantitative estimate of drug-likeness (QED) is 0.0949. The molecule has 0 radical (unpaired) electrons. The molecule has 14 fully saturated rings. The molecule has 12 nitrogen and oxygen atoms in total. The summed E-state index contributed by atoms with van der Waals surface area (Å²) in [7, 11) is 0. The predicted octanol–water partition coefficient (Wildman–Crippen LogP) is 9.26. The predicted molar refractivity (Wildman–Crippen MR) is 244 cm³/mol. The molecule has 14 rings (SSSR count). The number of carbonyl (C=O) groups is 6. The van der Waals surface area contributed by atoms with E-state index in [1.54, 1.807) is 0 Å². The van der Waals surface area contributed by atoms with E-state index in [1.807, 2.05) is 6.92 Å². The van der Waals surface area contributed by atoms with Crippen LogP contribution in [0.15, 0.2) is 0 Å². The summed E-state index contributed by atoms with van der Waals surface area (Å²) in [5.41, 5.74) is -1.36. The molecular weight excluding hydrogens is 865 g/mol. The Kier molecular flexibility index (Phi) is 10.3. The minimum absolute atomic E-state index is 0.00202. The van der Waals surface area contributed by atoms with Gasteiger partial charge in [-0.05, 0) is 220 Å². The summed E-state index contributed by atoms with van der Waals surface area (Å²) in [6.07, 6.45) is 19.7. The average Bonchev–Trinajstić information content (AvgIpc) is 3.75. The monoisotopic (exact) mass is 943 g/mol. The SMILES string of the molecule is CCC(C)(OC(=O)COC(=O)C1CC(C(=O)OCC(=O)OC(C)(CC)C23CC4CC(CC2C4)C3)CC(C(=O)OCC(=O)OC(C)(CC)C23CC4CC5CC(C2)C543)C1)C12CC3CC4C(CC4(C3)C1)C2. The Morgan fingerprint density at radius 3 is 1.46 bits per heavy atom. The lowest BCUT2D eigenvalue weighted by Gasteiger charge is -2.93. The Morgan fingerprint density at radius 1 is 0.471 bits per heavy atom. The van der Waals surface area contributed by atoms with Crippen LogP contribution in [-0.4, -0.2) is 72.4 Å². The maximum absolute atomic E-state index is 14.0. The van der Waals surface area contributed by atoms with Crippen LogP contribution in [0.1, 0.15) is 176 Å².